The van der Waals surface area contributed by atoms with Gasteiger partial charge >= 0.3 is 7.12 Å². The second-order valence-electron chi connectivity index (χ2n) is 7.56. The number of nitrogens with zero attached hydrogens (tertiary/aromatic N) is 1. The van der Waals surface area contributed by atoms with Crippen LogP contribution in [-0.2, 0) is 15.7 Å². The van der Waals surface area contributed by atoms with Gasteiger partial charge in [0.25, 0.3) is 0 Å². The molecule has 1 aliphatic heterocycles. The standard InChI is InChI=1S/C20H26BNO2/c1-19(2)20(3,4)24-21(23-19)15-17(18-12-8-9-13-22-18)14-16-10-6-5-7-11-16/h5-13,17H,14-15H2,1-4H3. The first-order chi connectivity index (χ1) is 11.4. The third-order valence-electron chi connectivity index (χ3n) is 5.21. The Bertz CT molecular complexity index is 642. The summed E-state index contributed by atoms with van der Waals surface area (Å²) in [5, 5.41) is 0. The molecule has 0 radical (unpaired) electrons. The molecule has 1 saturated heterocycles. The Hall–Kier alpha value is -1.65. The average molecular weight is 323 g/mol. The molecule has 0 spiro atoms. The molecule has 126 valence electrons. The molecular weight excluding hydrogens is 297 g/mol. The molecule has 1 fully saturated rings. The molecule has 3 rings (SSSR count). The number of pyridine rings is 1. The minimum Gasteiger partial charge on any atom is -0.403 e. The van der Waals surface area contributed by atoms with Gasteiger partial charge in [0.05, 0.1) is 11.2 Å². The summed E-state index contributed by atoms with van der Waals surface area (Å²) < 4.78 is 12.4. The van der Waals surface area contributed by atoms with Crippen molar-refractivity contribution in [3.05, 3.63) is 66.0 Å². The summed E-state index contributed by atoms with van der Waals surface area (Å²) in [7, 11) is -0.203. The molecule has 1 aromatic heterocycles. The Morgan fingerprint density at radius 3 is 2.12 bits per heavy atom. The Balaban J connectivity index is 1.79. The van der Waals surface area contributed by atoms with Crippen LogP contribution >= 0.6 is 0 Å². The normalized spacial score (nSPS) is 20.1. The monoisotopic (exact) mass is 323 g/mol. The van der Waals surface area contributed by atoms with Crippen molar-refractivity contribution in [3.63, 3.8) is 0 Å². The van der Waals surface area contributed by atoms with E-state index in [-0.39, 0.29) is 24.2 Å². The van der Waals surface area contributed by atoms with Gasteiger partial charge in [0.2, 0.25) is 0 Å². The maximum atomic E-state index is 6.20. The quantitative estimate of drug-likeness (QED) is 0.759. The maximum absolute atomic E-state index is 6.20. The number of aromatic nitrogens is 1. The van der Waals surface area contributed by atoms with Crippen molar-refractivity contribution in [2.24, 2.45) is 0 Å². The van der Waals surface area contributed by atoms with Crippen molar-refractivity contribution in [2.75, 3.05) is 0 Å². The highest BCUT2D eigenvalue weighted by Gasteiger charge is 2.51. The van der Waals surface area contributed by atoms with E-state index in [1.807, 2.05) is 24.4 Å². The lowest BCUT2D eigenvalue weighted by molar-refractivity contribution is 0.00578. The van der Waals surface area contributed by atoms with Crippen molar-refractivity contribution in [3.8, 4) is 0 Å². The molecule has 0 amide bonds. The molecule has 0 saturated carbocycles. The van der Waals surface area contributed by atoms with E-state index in [1.54, 1.807) is 0 Å². The maximum Gasteiger partial charge on any atom is 0.458 e. The molecule has 2 heterocycles. The fourth-order valence-electron chi connectivity index (χ4n) is 3.12. The van der Waals surface area contributed by atoms with Crippen LogP contribution in [0.1, 0.15) is 44.9 Å². The first-order valence-electron chi connectivity index (χ1n) is 8.68. The van der Waals surface area contributed by atoms with Crippen molar-refractivity contribution >= 4 is 7.12 Å². The Morgan fingerprint density at radius 2 is 1.54 bits per heavy atom. The predicted molar refractivity (Wildman–Crippen MR) is 98.0 cm³/mol. The minimum atomic E-state index is -0.293. The molecule has 4 heteroatoms. The molecule has 2 aromatic rings. The van der Waals surface area contributed by atoms with Gasteiger partial charge in [-0.05, 0) is 58.1 Å². The lowest BCUT2D eigenvalue weighted by Crippen LogP contribution is -2.41. The first-order valence-corrected chi connectivity index (χ1v) is 8.68. The minimum absolute atomic E-state index is 0.203. The average Bonchev–Trinajstić information content (AvgIpc) is 2.75. The molecule has 1 atom stereocenters. The number of hydrogen-bond acceptors (Lipinski definition) is 3. The molecule has 0 bridgehead atoms. The van der Waals surface area contributed by atoms with Gasteiger partial charge in [0.15, 0.2) is 0 Å². The number of rotatable bonds is 5. The van der Waals surface area contributed by atoms with Crippen LogP contribution < -0.4 is 0 Å². The topological polar surface area (TPSA) is 31.4 Å². The van der Waals surface area contributed by atoms with Gasteiger partial charge in [-0.3, -0.25) is 4.98 Å². The van der Waals surface area contributed by atoms with Gasteiger partial charge < -0.3 is 9.31 Å². The highest BCUT2D eigenvalue weighted by molar-refractivity contribution is 6.45. The summed E-state index contributed by atoms with van der Waals surface area (Å²) >= 11 is 0. The molecule has 3 nitrogen and oxygen atoms in total. The van der Waals surface area contributed by atoms with Gasteiger partial charge in [-0.15, -0.1) is 0 Å². The van der Waals surface area contributed by atoms with Gasteiger partial charge in [-0.2, -0.15) is 0 Å². The molecule has 0 N–H and O–H groups in total. The van der Waals surface area contributed by atoms with E-state index < -0.39 is 0 Å². The van der Waals surface area contributed by atoms with Crippen LogP contribution in [-0.4, -0.2) is 23.3 Å². The van der Waals surface area contributed by atoms with Crippen LogP contribution in [0.5, 0.6) is 0 Å². The lowest BCUT2D eigenvalue weighted by atomic mass is 9.74. The number of benzene rings is 1. The lowest BCUT2D eigenvalue weighted by Gasteiger charge is -2.32. The van der Waals surface area contributed by atoms with Crippen molar-refractivity contribution in [1.29, 1.82) is 0 Å². The third-order valence-corrected chi connectivity index (χ3v) is 5.21. The Kier molecular flexibility index (Phi) is 4.79. The van der Waals surface area contributed by atoms with E-state index in [0.29, 0.717) is 0 Å². The zero-order valence-corrected chi connectivity index (χ0v) is 15.0. The number of hydrogen-bond donors (Lipinski definition) is 0. The van der Waals surface area contributed by atoms with E-state index in [2.05, 4.69) is 63.0 Å². The zero-order valence-electron chi connectivity index (χ0n) is 15.0. The molecule has 0 aliphatic carbocycles. The van der Waals surface area contributed by atoms with E-state index in [4.69, 9.17) is 9.31 Å². The summed E-state index contributed by atoms with van der Waals surface area (Å²) in [6, 6.07) is 16.6. The second-order valence-corrected chi connectivity index (χ2v) is 7.56. The summed E-state index contributed by atoms with van der Waals surface area (Å²) in [6.07, 6.45) is 3.60. The van der Waals surface area contributed by atoms with Gasteiger partial charge in [-0.1, -0.05) is 36.4 Å². The Morgan fingerprint density at radius 1 is 0.917 bits per heavy atom. The summed E-state index contributed by atoms with van der Waals surface area (Å²) in [5.41, 5.74) is 1.82. The van der Waals surface area contributed by atoms with E-state index in [9.17, 15) is 0 Å². The molecular formula is C20H26BNO2. The summed E-state index contributed by atoms with van der Waals surface area (Å²) in [4.78, 5) is 4.58. The SMILES string of the molecule is CC1(C)OB(CC(Cc2ccccc2)c2ccccn2)OC1(C)C. The second kappa shape index (κ2) is 6.69. The molecule has 1 aromatic carbocycles. The fourth-order valence-corrected chi connectivity index (χ4v) is 3.12. The summed E-state index contributed by atoms with van der Waals surface area (Å²) in [6.45, 7) is 8.39. The third kappa shape index (κ3) is 3.71. The molecule has 24 heavy (non-hydrogen) atoms. The van der Waals surface area contributed by atoms with Crippen LogP contribution in [0.4, 0.5) is 0 Å². The predicted octanol–water partition coefficient (Wildman–Crippen LogP) is 4.50. The van der Waals surface area contributed by atoms with Crippen LogP contribution in [0.15, 0.2) is 54.7 Å². The van der Waals surface area contributed by atoms with E-state index in [0.717, 1.165) is 18.4 Å². The van der Waals surface area contributed by atoms with Crippen LogP contribution in [0, 0.1) is 0 Å². The smallest absolute Gasteiger partial charge is 0.403 e. The van der Waals surface area contributed by atoms with Gasteiger partial charge in [-0.25, -0.2) is 0 Å². The molecule has 1 unspecified atom stereocenters. The van der Waals surface area contributed by atoms with Crippen LogP contribution in [0.2, 0.25) is 6.32 Å². The van der Waals surface area contributed by atoms with Crippen molar-refractivity contribution in [1.82, 2.24) is 4.98 Å². The van der Waals surface area contributed by atoms with Crippen molar-refractivity contribution < 1.29 is 9.31 Å². The van der Waals surface area contributed by atoms with Crippen molar-refractivity contribution in [2.45, 2.75) is 57.6 Å². The van der Waals surface area contributed by atoms with Gasteiger partial charge in [0, 0.05) is 17.8 Å². The highest BCUT2D eigenvalue weighted by Crippen LogP contribution is 2.40. The first kappa shape index (κ1) is 17.2. The molecule has 1 aliphatic rings. The van der Waals surface area contributed by atoms with Crippen LogP contribution in [0.3, 0.4) is 0 Å². The van der Waals surface area contributed by atoms with E-state index >= 15 is 0 Å². The fraction of sp³-hybridized carbons (Fsp3) is 0.450. The highest BCUT2D eigenvalue weighted by atomic mass is 16.7. The van der Waals surface area contributed by atoms with Crippen LogP contribution in [0.25, 0.3) is 0 Å². The Labute approximate surface area is 145 Å². The van der Waals surface area contributed by atoms with Gasteiger partial charge in [0.1, 0.15) is 0 Å². The summed E-state index contributed by atoms with van der Waals surface area (Å²) in [5.74, 6) is 0.267. The van der Waals surface area contributed by atoms with E-state index in [1.165, 1.54) is 5.56 Å². The largest absolute Gasteiger partial charge is 0.458 e. The zero-order chi connectivity index (χ0) is 17.2.